The molecule has 11 heavy (non-hydrogen) atoms. The smallest absolute Gasteiger partial charge is 0.233 e. The van der Waals surface area contributed by atoms with E-state index in [0.717, 1.165) is 18.9 Å². The number of hydrogen-bond acceptors (Lipinski definition) is 1. The van der Waals surface area contributed by atoms with Gasteiger partial charge in [-0.15, -0.1) is 0 Å². The van der Waals surface area contributed by atoms with Crippen LogP contribution >= 0.6 is 15.9 Å². The summed E-state index contributed by atoms with van der Waals surface area (Å²) in [4.78, 5) is 10.9. The molecule has 0 aromatic heterocycles. The van der Waals surface area contributed by atoms with Gasteiger partial charge in [0, 0.05) is 6.54 Å². The number of carbonyl (C=O) groups is 1. The van der Waals surface area contributed by atoms with E-state index < -0.39 is 0 Å². The fourth-order valence-electron chi connectivity index (χ4n) is 0.947. The van der Waals surface area contributed by atoms with E-state index in [-0.39, 0.29) is 10.7 Å². The molecule has 1 unspecified atom stereocenters. The van der Waals surface area contributed by atoms with Crippen LogP contribution in [0.4, 0.5) is 0 Å². The molecule has 0 aromatic carbocycles. The molecule has 1 saturated carbocycles. The first-order valence-corrected chi connectivity index (χ1v) is 5.03. The molecule has 0 heterocycles. The zero-order valence-corrected chi connectivity index (χ0v) is 8.36. The first-order chi connectivity index (χ1) is 5.20. The van der Waals surface area contributed by atoms with Crippen LogP contribution in [0.2, 0.25) is 0 Å². The molecule has 3 heteroatoms. The van der Waals surface area contributed by atoms with E-state index in [1.54, 1.807) is 0 Å². The molecular formula is C8H14BrNO. The van der Waals surface area contributed by atoms with Crippen LogP contribution in [0.3, 0.4) is 0 Å². The number of nitrogens with one attached hydrogen (secondary N) is 1. The summed E-state index contributed by atoms with van der Waals surface area (Å²) in [5, 5.41) is 2.87. The molecule has 64 valence electrons. The van der Waals surface area contributed by atoms with E-state index in [2.05, 4.69) is 21.2 Å². The van der Waals surface area contributed by atoms with E-state index in [4.69, 9.17) is 0 Å². The highest BCUT2D eigenvalue weighted by molar-refractivity contribution is 9.10. The van der Waals surface area contributed by atoms with Gasteiger partial charge in [-0.3, -0.25) is 4.79 Å². The Morgan fingerprint density at radius 3 is 2.82 bits per heavy atom. The van der Waals surface area contributed by atoms with Crippen LogP contribution in [0.25, 0.3) is 0 Å². The predicted molar refractivity (Wildman–Crippen MR) is 48.7 cm³/mol. The van der Waals surface area contributed by atoms with Crippen molar-refractivity contribution in [3.63, 3.8) is 0 Å². The van der Waals surface area contributed by atoms with Crippen molar-refractivity contribution in [3.8, 4) is 0 Å². The second kappa shape index (κ2) is 4.10. The maximum Gasteiger partial charge on any atom is 0.233 e. The van der Waals surface area contributed by atoms with Gasteiger partial charge < -0.3 is 5.32 Å². The molecule has 0 aliphatic heterocycles. The third-order valence-electron chi connectivity index (χ3n) is 1.91. The minimum absolute atomic E-state index is 0.0540. The summed E-state index contributed by atoms with van der Waals surface area (Å²) in [6, 6.07) is 0. The molecule has 0 saturated heterocycles. The average molecular weight is 220 g/mol. The maximum absolute atomic E-state index is 11.0. The lowest BCUT2D eigenvalue weighted by Crippen LogP contribution is -2.30. The Morgan fingerprint density at radius 1 is 1.73 bits per heavy atom. The summed E-state index contributed by atoms with van der Waals surface area (Å²) in [6.07, 6.45) is 3.88. The second-order valence-corrected chi connectivity index (χ2v) is 4.51. The van der Waals surface area contributed by atoms with Crippen molar-refractivity contribution in [3.05, 3.63) is 0 Å². The molecule has 1 aliphatic carbocycles. The number of hydrogen-bond donors (Lipinski definition) is 1. The summed E-state index contributed by atoms with van der Waals surface area (Å²) in [6.45, 7) is 2.69. The number of rotatable bonds is 4. The Balaban J connectivity index is 1.96. The largest absolute Gasteiger partial charge is 0.355 e. The van der Waals surface area contributed by atoms with Crippen LogP contribution in [0, 0.1) is 5.92 Å². The van der Waals surface area contributed by atoms with Gasteiger partial charge in [0.05, 0.1) is 4.83 Å². The van der Waals surface area contributed by atoms with Crippen molar-refractivity contribution in [2.45, 2.75) is 31.0 Å². The lowest BCUT2D eigenvalue weighted by Gasteiger charge is -2.04. The fourth-order valence-corrected chi connectivity index (χ4v) is 1.11. The number of amides is 1. The Labute approximate surface area is 75.9 Å². The fraction of sp³-hybridized carbons (Fsp3) is 0.875. The monoisotopic (exact) mass is 219 g/mol. The van der Waals surface area contributed by atoms with Gasteiger partial charge in [0.15, 0.2) is 0 Å². The Kier molecular flexibility index (Phi) is 3.37. The van der Waals surface area contributed by atoms with Gasteiger partial charge in [0.25, 0.3) is 0 Å². The van der Waals surface area contributed by atoms with Gasteiger partial charge in [-0.25, -0.2) is 0 Å². The summed E-state index contributed by atoms with van der Waals surface area (Å²) < 4.78 is 0. The minimum Gasteiger partial charge on any atom is -0.355 e. The summed E-state index contributed by atoms with van der Waals surface area (Å²) in [5.41, 5.74) is 0. The van der Waals surface area contributed by atoms with Crippen LogP contribution in [0.1, 0.15) is 26.2 Å². The second-order valence-electron chi connectivity index (χ2n) is 3.14. The van der Waals surface area contributed by atoms with Crippen LogP contribution in [-0.4, -0.2) is 17.3 Å². The van der Waals surface area contributed by atoms with Crippen molar-refractivity contribution >= 4 is 21.8 Å². The SMILES string of the molecule is CC(Br)C(=O)NCCC1CC1. The molecule has 0 radical (unpaired) electrons. The Bertz CT molecular complexity index is 143. The van der Waals surface area contributed by atoms with Gasteiger partial charge in [0.1, 0.15) is 0 Å². The van der Waals surface area contributed by atoms with Crippen LogP contribution in [0.5, 0.6) is 0 Å². The molecule has 0 bridgehead atoms. The molecule has 0 aromatic rings. The van der Waals surface area contributed by atoms with E-state index >= 15 is 0 Å². The molecule has 1 aliphatic rings. The minimum atomic E-state index is -0.0540. The normalized spacial score (nSPS) is 19.5. The molecule has 1 atom stereocenters. The first-order valence-electron chi connectivity index (χ1n) is 4.12. The maximum atomic E-state index is 11.0. The van der Waals surface area contributed by atoms with Gasteiger partial charge >= 0.3 is 0 Å². The molecule has 1 rings (SSSR count). The highest BCUT2D eigenvalue weighted by atomic mass is 79.9. The van der Waals surface area contributed by atoms with E-state index in [0.29, 0.717) is 0 Å². The number of halogens is 1. The molecular weight excluding hydrogens is 206 g/mol. The molecule has 2 nitrogen and oxygen atoms in total. The van der Waals surface area contributed by atoms with Crippen molar-refractivity contribution in [1.82, 2.24) is 5.32 Å². The van der Waals surface area contributed by atoms with Crippen LogP contribution in [-0.2, 0) is 4.79 Å². The Hall–Kier alpha value is -0.0500. The van der Waals surface area contributed by atoms with E-state index in [1.807, 2.05) is 6.92 Å². The van der Waals surface area contributed by atoms with Gasteiger partial charge in [-0.1, -0.05) is 28.8 Å². The third-order valence-corrected chi connectivity index (χ3v) is 2.33. The van der Waals surface area contributed by atoms with E-state index in [9.17, 15) is 4.79 Å². The third kappa shape index (κ3) is 3.75. The highest BCUT2D eigenvalue weighted by Crippen LogP contribution is 2.31. The zero-order chi connectivity index (χ0) is 8.27. The summed E-state index contributed by atoms with van der Waals surface area (Å²) in [7, 11) is 0. The first kappa shape index (κ1) is 9.04. The van der Waals surface area contributed by atoms with Crippen LogP contribution < -0.4 is 5.32 Å². The Morgan fingerprint density at radius 2 is 2.36 bits per heavy atom. The predicted octanol–water partition coefficient (Wildman–Crippen LogP) is 1.69. The topological polar surface area (TPSA) is 29.1 Å². The quantitative estimate of drug-likeness (QED) is 0.717. The van der Waals surface area contributed by atoms with Crippen molar-refractivity contribution in [1.29, 1.82) is 0 Å². The van der Waals surface area contributed by atoms with Crippen LogP contribution in [0.15, 0.2) is 0 Å². The zero-order valence-electron chi connectivity index (χ0n) is 6.77. The lowest BCUT2D eigenvalue weighted by atomic mass is 10.3. The highest BCUT2D eigenvalue weighted by Gasteiger charge is 2.20. The summed E-state index contributed by atoms with van der Waals surface area (Å²) in [5.74, 6) is 1.01. The van der Waals surface area contributed by atoms with Gasteiger partial charge in [-0.05, 0) is 19.3 Å². The van der Waals surface area contributed by atoms with Crippen molar-refractivity contribution < 1.29 is 4.79 Å². The van der Waals surface area contributed by atoms with Gasteiger partial charge in [0.2, 0.25) is 5.91 Å². The molecule has 1 fully saturated rings. The molecule has 1 amide bonds. The van der Waals surface area contributed by atoms with Crippen molar-refractivity contribution in [2.75, 3.05) is 6.54 Å². The lowest BCUT2D eigenvalue weighted by molar-refractivity contribution is -0.120. The average Bonchev–Trinajstić information content (AvgIpc) is 2.71. The number of alkyl halides is 1. The van der Waals surface area contributed by atoms with E-state index in [1.165, 1.54) is 12.8 Å². The molecule has 1 N–H and O–H groups in total. The number of carbonyl (C=O) groups excluding carboxylic acids is 1. The summed E-state index contributed by atoms with van der Waals surface area (Å²) >= 11 is 3.21. The standard InChI is InChI=1S/C8H14BrNO/c1-6(9)8(11)10-5-4-7-2-3-7/h6-7H,2-5H2,1H3,(H,10,11). The van der Waals surface area contributed by atoms with Gasteiger partial charge in [-0.2, -0.15) is 0 Å². The van der Waals surface area contributed by atoms with Crippen molar-refractivity contribution in [2.24, 2.45) is 5.92 Å². The molecule has 0 spiro atoms.